The molecule has 0 bridgehead atoms. The third kappa shape index (κ3) is 2.97. The minimum Gasteiger partial charge on any atom is -0.493 e. The van der Waals surface area contributed by atoms with Gasteiger partial charge in [0.05, 0.1) is 6.61 Å². The Bertz CT molecular complexity index is 334. The predicted molar refractivity (Wildman–Crippen MR) is 69.6 cm³/mol. The van der Waals surface area contributed by atoms with Gasteiger partial charge in [-0.3, -0.25) is 0 Å². The third-order valence-corrected chi connectivity index (χ3v) is 4.25. The topological polar surface area (TPSA) is 9.23 Å². The fourth-order valence-electron chi connectivity index (χ4n) is 1.62. The molecular formula is C12H14Br2O. The van der Waals surface area contributed by atoms with E-state index < -0.39 is 0 Å². The Labute approximate surface area is 107 Å². The summed E-state index contributed by atoms with van der Waals surface area (Å²) < 4.78 is 6.90. The van der Waals surface area contributed by atoms with Gasteiger partial charge in [0.15, 0.2) is 0 Å². The van der Waals surface area contributed by atoms with E-state index in [4.69, 9.17) is 4.74 Å². The summed E-state index contributed by atoms with van der Waals surface area (Å²) in [5, 5.41) is 0.855. The number of rotatable bonds is 4. The highest BCUT2D eigenvalue weighted by molar-refractivity contribution is 9.10. The van der Waals surface area contributed by atoms with Crippen molar-refractivity contribution in [3.8, 4) is 5.75 Å². The lowest BCUT2D eigenvalue weighted by Gasteiger charge is -2.25. The zero-order valence-electron chi connectivity index (χ0n) is 8.51. The maximum atomic E-state index is 5.77. The van der Waals surface area contributed by atoms with E-state index in [9.17, 15) is 0 Å². The van der Waals surface area contributed by atoms with Gasteiger partial charge in [-0.25, -0.2) is 0 Å². The molecule has 0 amide bonds. The smallest absolute Gasteiger partial charge is 0.119 e. The lowest BCUT2D eigenvalue weighted by atomic mass is 9.86. The normalized spacial score (nSPS) is 16.1. The largest absolute Gasteiger partial charge is 0.493 e. The number of halogens is 2. The van der Waals surface area contributed by atoms with Crippen molar-refractivity contribution in [3.63, 3.8) is 0 Å². The van der Waals surface area contributed by atoms with Crippen molar-refractivity contribution in [2.75, 3.05) is 6.61 Å². The SMILES string of the molecule is BrCc1cc(OCC2CCC2)ccc1Br. The first-order chi connectivity index (χ1) is 7.29. The Morgan fingerprint density at radius 2 is 2.13 bits per heavy atom. The van der Waals surface area contributed by atoms with Crippen molar-refractivity contribution in [1.29, 1.82) is 0 Å². The summed E-state index contributed by atoms with van der Waals surface area (Å²) in [4.78, 5) is 0. The summed E-state index contributed by atoms with van der Waals surface area (Å²) >= 11 is 6.97. The highest BCUT2D eigenvalue weighted by atomic mass is 79.9. The van der Waals surface area contributed by atoms with Gasteiger partial charge in [0.1, 0.15) is 5.75 Å². The van der Waals surface area contributed by atoms with E-state index in [0.717, 1.165) is 28.1 Å². The van der Waals surface area contributed by atoms with Crippen LogP contribution in [0.1, 0.15) is 24.8 Å². The van der Waals surface area contributed by atoms with E-state index in [1.807, 2.05) is 12.1 Å². The van der Waals surface area contributed by atoms with Crippen LogP contribution in [0, 0.1) is 5.92 Å². The molecule has 1 aromatic carbocycles. The first-order valence-electron chi connectivity index (χ1n) is 5.27. The number of hydrogen-bond acceptors (Lipinski definition) is 1. The molecule has 82 valence electrons. The summed E-state index contributed by atoms with van der Waals surface area (Å²) in [7, 11) is 0. The van der Waals surface area contributed by atoms with Gasteiger partial charge in [0.2, 0.25) is 0 Å². The lowest BCUT2D eigenvalue weighted by molar-refractivity contribution is 0.180. The molecule has 0 saturated heterocycles. The van der Waals surface area contributed by atoms with Crippen LogP contribution in [0.4, 0.5) is 0 Å². The molecule has 0 heterocycles. The molecule has 1 aliphatic rings. The molecule has 0 N–H and O–H groups in total. The van der Waals surface area contributed by atoms with Crippen LogP contribution < -0.4 is 4.74 Å². The molecule has 0 spiro atoms. The number of hydrogen-bond donors (Lipinski definition) is 0. The Hall–Kier alpha value is -0.0200. The van der Waals surface area contributed by atoms with E-state index in [-0.39, 0.29) is 0 Å². The van der Waals surface area contributed by atoms with Crippen molar-refractivity contribution in [3.05, 3.63) is 28.2 Å². The average Bonchev–Trinajstić information content (AvgIpc) is 2.18. The van der Waals surface area contributed by atoms with Crippen LogP contribution in [0.15, 0.2) is 22.7 Å². The third-order valence-electron chi connectivity index (χ3n) is 2.87. The maximum Gasteiger partial charge on any atom is 0.119 e. The molecule has 0 radical (unpaired) electrons. The standard InChI is InChI=1S/C12H14Br2O/c13-7-10-6-11(4-5-12(10)14)15-8-9-2-1-3-9/h4-6,9H,1-3,7-8H2. The van der Waals surface area contributed by atoms with Crippen LogP contribution in [0.25, 0.3) is 0 Å². The van der Waals surface area contributed by atoms with Crippen molar-refractivity contribution < 1.29 is 4.74 Å². The van der Waals surface area contributed by atoms with Crippen molar-refractivity contribution in [1.82, 2.24) is 0 Å². The quantitative estimate of drug-likeness (QED) is 0.736. The van der Waals surface area contributed by atoms with Gasteiger partial charge in [-0.05, 0) is 42.5 Å². The lowest BCUT2D eigenvalue weighted by Crippen LogP contribution is -2.19. The van der Waals surface area contributed by atoms with Crippen molar-refractivity contribution in [2.45, 2.75) is 24.6 Å². The fraction of sp³-hybridized carbons (Fsp3) is 0.500. The van der Waals surface area contributed by atoms with Crippen LogP contribution in [0.3, 0.4) is 0 Å². The van der Waals surface area contributed by atoms with Gasteiger partial charge in [0.25, 0.3) is 0 Å². The van der Waals surface area contributed by atoms with Crippen LogP contribution in [-0.2, 0) is 5.33 Å². The van der Waals surface area contributed by atoms with E-state index in [1.165, 1.54) is 24.8 Å². The minimum atomic E-state index is 0.793. The first kappa shape index (κ1) is 11.5. The van der Waals surface area contributed by atoms with Gasteiger partial charge in [-0.2, -0.15) is 0 Å². The van der Waals surface area contributed by atoms with Gasteiger partial charge in [-0.1, -0.05) is 38.3 Å². The molecule has 1 aliphatic carbocycles. The minimum absolute atomic E-state index is 0.793. The summed E-state index contributed by atoms with van der Waals surface area (Å²) in [6, 6.07) is 6.17. The van der Waals surface area contributed by atoms with Crippen molar-refractivity contribution in [2.24, 2.45) is 5.92 Å². The summed E-state index contributed by atoms with van der Waals surface area (Å²) in [6.07, 6.45) is 4.05. The van der Waals surface area contributed by atoms with Crippen LogP contribution in [-0.4, -0.2) is 6.61 Å². The van der Waals surface area contributed by atoms with Crippen LogP contribution >= 0.6 is 31.9 Å². The van der Waals surface area contributed by atoms with E-state index in [0.29, 0.717) is 0 Å². The molecule has 0 aromatic heterocycles. The Kier molecular flexibility index (Phi) is 4.09. The highest BCUT2D eigenvalue weighted by Crippen LogP contribution is 2.29. The van der Waals surface area contributed by atoms with Gasteiger partial charge in [0, 0.05) is 9.80 Å². The zero-order chi connectivity index (χ0) is 10.7. The number of ether oxygens (including phenoxy) is 1. The van der Waals surface area contributed by atoms with Gasteiger partial charge < -0.3 is 4.74 Å². The van der Waals surface area contributed by atoms with Crippen LogP contribution in [0.2, 0.25) is 0 Å². The Morgan fingerprint density at radius 1 is 1.33 bits per heavy atom. The molecule has 1 aromatic rings. The zero-order valence-corrected chi connectivity index (χ0v) is 11.7. The monoisotopic (exact) mass is 332 g/mol. The predicted octanol–water partition coefficient (Wildman–Crippen LogP) is 4.52. The second kappa shape index (κ2) is 5.35. The molecule has 1 fully saturated rings. The molecule has 0 unspecified atom stereocenters. The first-order valence-corrected chi connectivity index (χ1v) is 7.18. The molecule has 15 heavy (non-hydrogen) atoms. The van der Waals surface area contributed by atoms with Gasteiger partial charge >= 0.3 is 0 Å². The van der Waals surface area contributed by atoms with E-state index >= 15 is 0 Å². The molecule has 0 atom stereocenters. The molecule has 1 nitrogen and oxygen atoms in total. The molecule has 0 aliphatic heterocycles. The number of benzene rings is 1. The summed E-state index contributed by atoms with van der Waals surface area (Å²) in [6.45, 7) is 0.878. The maximum absolute atomic E-state index is 5.77. The molecule has 3 heteroatoms. The van der Waals surface area contributed by atoms with Gasteiger partial charge in [-0.15, -0.1) is 0 Å². The Morgan fingerprint density at radius 3 is 2.73 bits per heavy atom. The second-order valence-electron chi connectivity index (χ2n) is 3.99. The summed E-state index contributed by atoms with van der Waals surface area (Å²) in [5.74, 6) is 1.78. The average molecular weight is 334 g/mol. The number of alkyl halides is 1. The Balaban J connectivity index is 1.95. The van der Waals surface area contributed by atoms with Crippen molar-refractivity contribution >= 4 is 31.9 Å². The molecule has 1 saturated carbocycles. The van der Waals surface area contributed by atoms with Crippen LogP contribution in [0.5, 0.6) is 5.75 Å². The molecular weight excluding hydrogens is 320 g/mol. The fourth-order valence-corrected chi connectivity index (χ4v) is 2.84. The highest BCUT2D eigenvalue weighted by Gasteiger charge is 2.17. The van der Waals surface area contributed by atoms with E-state index in [1.54, 1.807) is 0 Å². The second-order valence-corrected chi connectivity index (χ2v) is 5.41. The summed E-state index contributed by atoms with van der Waals surface area (Å²) in [5.41, 5.74) is 1.24. The van der Waals surface area contributed by atoms with E-state index in [2.05, 4.69) is 37.9 Å². The molecule has 2 rings (SSSR count).